The molecule has 0 spiro atoms. The molecule has 0 radical (unpaired) electrons. The molecule has 0 unspecified atom stereocenters. The van der Waals surface area contributed by atoms with Crippen LogP contribution in [0, 0.1) is 18.3 Å². The molecule has 3 aromatic rings. The molecule has 34 heavy (non-hydrogen) atoms. The van der Waals surface area contributed by atoms with Crippen LogP contribution in [0.5, 0.6) is 0 Å². The molecule has 0 aliphatic carbocycles. The number of halogens is 3. The summed E-state index contributed by atoms with van der Waals surface area (Å²) < 4.78 is 46.5. The monoisotopic (exact) mass is 510 g/mol. The van der Waals surface area contributed by atoms with Crippen LogP contribution in [0.1, 0.15) is 69.4 Å². The quantitative estimate of drug-likeness (QED) is 0.424. The fourth-order valence-corrected chi connectivity index (χ4v) is 5.25. The van der Waals surface area contributed by atoms with Gasteiger partial charge >= 0.3 is 12.1 Å². The molecule has 1 amide bonds. The fourth-order valence-electron chi connectivity index (χ4n) is 3.18. The number of amides is 1. The Morgan fingerprint density at radius 3 is 2.41 bits per heavy atom. The van der Waals surface area contributed by atoms with Crippen LogP contribution in [0.15, 0.2) is 6.07 Å². The first-order valence-electron chi connectivity index (χ1n) is 10.0. The number of hydrogen-bond acceptors (Lipinski definition) is 8. The lowest BCUT2D eigenvalue weighted by Crippen LogP contribution is -2.16. The van der Waals surface area contributed by atoms with E-state index in [1.54, 1.807) is 27.7 Å². The van der Waals surface area contributed by atoms with Crippen LogP contribution in [0.4, 0.5) is 23.9 Å². The van der Waals surface area contributed by atoms with Gasteiger partial charge < -0.3 is 15.8 Å². The van der Waals surface area contributed by atoms with Crippen molar-refractivity contribution >= 4 is 55.5 Å². The lowest BCUT2D eigenvalue weighted by atomic mass is 9.90. The predicted octanol–water partition coefficient (Wildman–Crippen LogP) is 5.87. The molecule has 3 aromatic heterocycles. The van der Waals surface area contributed by atoms with Gasteiger partial charge in [0.05, 0.1) is 23.4 Å². The van der Waals surface area contributed by atoms with Crippen molar-refractivity contribution in [2.24, 2.45) is 0 Å². The zero-order valence-corrected chi connectivity index (χ0v) is 20.6. The van der Waals surface area contributed by atoms with Crippen LogP contribution in [0.3, 0.4) is 0 Å². The van der Waals surface area contributed by atoms with Crippen LogP contribution in [0.2, 0.25) is 0 Å². The molecule has 0 saturated heterocycles. The number of nitriles is 1. The number of rotatable bonds is 4. The van der Waals surface area contributed by atoms with E-state index in [2.05, 4.69) is 10.3 Å². The zero-order chi connectivity index (χ0) is 25.6. The maximum atomic E-state index is 13.9. The van der Waals surface area contributed by atoms with Crippen molar-refractivity contribution in [3.63, 3.8) is 0 Å². The second-order valence-corrected chi connectivity index (χ2v) is 10.4. The number of carbonyl (C=O) groups excluding carboxylic acids is 2. The average molecular weight is 511 g/mol. The number of thiophene rings is 2. The molecule has 3 N–H and O–H groups in total. The molecule has 7 nitrogen and oxygen atoms in total. The summed E-state index contributed by atoms with van der Waals surface area (Å²) in [6, 6.07) is 2.88. The van der Waals surface area contributed by atoms with Crippen molar-refractivity contribution in [3.8, 4) is 6.07 Å². The van der Waals surface area contributed by atoms with Gasteiger partial charge in [0.2, 0.25) is 0 Å². The van der Waals surface area contributed by atoms with Crippen LogP contribution in [-0.2, 0) is 16.3 Å². The Morgan fingerprint density at radius 2 is 1.88 bits per heavy atom. The highest BCUT2D eigenvalue weighted by Crippen LogP contribution is 2.44. The third-order valence-corrected chi connectivity index (χ3v) is 7.21. The van der Waals surface area contributed by atoms with Gasteiger partial charge in [0.15, 0.2) is 0 Å². The number of carbonyl (C=O) groups is 2. The van der Waals surface area contributed by atoms with Crippen molar-refractivity contribution in [2.75, 3.05) is 17.7 Å². The second kappa shape index (κ2) is 8.88. The lowest BCUT2D eigenvalue weighted by molar-refractivity contribution is -0.136. The predicted molar refractivity (Wildman–Crippen MR) is 125 cm³/mol. The first-order chi connectivity index (χ1) is 15.7. The van der Waals surface area contributed by atoms with Gasteiger partial charge in [-0.1, -0.05) is 20.8 Å². The molecule has 0 fully saturated rings. The summed E-state index contributed by atoms with van der Waals surface area (Å²) in [6.07, 6.45) is -4.71. The van der Waals surface area contributed by atoms with Gasteiger partial charge in [-0.05, 0) is 25.5 Å². The number of fused-ring (bicyclic) bond motifs is 1. The summed E-state index contributed by atoms with van der Waals surface area (Å²) in [5.41, 5.74) is 4.63. The van der Waals surface area contributed by atoms with Gasteiger partial charge in [-0.15, -0.1) is 22.7 Å². The first-order valence-corrected chi connectivity index (χ1v) is 11.7. The smallest absolute Gasteiger partial charge is 0.417 e. The number of nitrogens with one attached hydrogen (secondary N) is 1. The van der Waals surface area contributed by atoms with Crippen LogP contribution >= 0.6 is 22.7 Å². The Kier molecular flexibility index (Phi) is 6.65. The van der Waals surface area contributed by atoms with E-state index in [-0.39, 0.29) is 48.5 Å². The minimum absolute atomic E-state index is 0.0162. The van der Waals surface area contributed by atoms with Gasteiger partial charge in [-0.3, -0.25) is 4.79 Å². The van der Waals surface area contributed by atoms with E-state index in [1.807, 2.05) is 6.07 Å². The number of ether oxygens (including phenoxy) is 1. The summed E-state index contributed by atoms with van der Waals surface area (Å²) >= 11 is 1.58. The molecular weight excluding hydrogens is 489 g/mol. The number of pyridine rings is 1. The number of alkyl halides is 3. The number of nitrogens with two attached hydrogens (primary N) is 1. The number of nitrogens with zero attached hydrogens (tertiary/aromatic N) is 2. The Balaban J connectivity index is 2.12. The van der Waals surface area contributed by atoms with E-state index >= 15 is 0 Å². The van der Waals surface area contributed by atoms with Gasteiger partial charge in [0, 0.05) is 16.5 Å². The maximum Gasteiger partial charge on any atom is 0.417 e. The lowest BCUT2D eigenvalue weighted by Gasteiger charge is -2.20. The number of hydrogen-bond donors (Lipinski definition) is 2. The van der Waals surface area contributed by atoms with Gasteiger partial charge in [0.25, 0.3) is 5.91 Å². The largest absolute Gasteiger partial charge is 0.462 e. The highest BCUT2D eigenvalue weighted by atomic mass is 32.1. The van der Waals surface area contributed by atoms with Crippen LogP contribution in [0.25, 0.3) is 10.2 Å². The van der Waals surface area contributed by atoms with E-state index in [4.69, 9.17) is 10.5 Å². The Hall–Kier alpha value is -3.17. The number of anilines is 2. The average Bonchev–Trinajstić information content (AvgIpc) is 3.22. The number of aromatic nitrogens is 1. The SMILES string of the molecule is CCOC(=O)c1sc(NC(=O)c2sc3nc(C(C)(C)C)cc(C(F)(F)F)c3c2N)c(C#N)c1C. The summed E-state index contributed by atoms with van der Waals surface area (Å²) in [5.74, 6) is -1.45. The minimum atomic E-state index is -4.71. The molecule has 0 aromatic carbocycles. The Bertz CT molecular complexity index is 1340. The summed E-state index contributed by atoms with van der Waals surface area (Å²) in [4.78, 5) is 29.5. The minimum Gasteiger partial charge on any atom is -0.462 e. The van der Waals surface area contributed by atoms with Crippen molar-refractivity contribution in [2.45, 2.75) is 46.2 Å². The topological polar surface area (TPSA) is 118 Å². The summed E-state index contributed by atoms with van der Waals surface area (Å²) in [6.45, 7) is 8.50. The van der Waals surface area contributed by atoms with E-state index in [0.29, 0.717) is 5.56 Å². The molecule has 0 bridgehead atoms. The molecule has 3 heterocycles. The highest BCUT2D eigenvalue weighted by Gasteiger charge is 2.37. The van der Waals surface area contributed by atoms with Crippen LogP contribution < -0.4 is 11.1 Å². The third-order valence-electron chi connectivity index (χ3n) is 4.93. The first kappa shape index (κ1) is 25.5. The summed E-state index contributed by atoms with van der Waals surface area (Å²) in [5, 5.41) is 11.7. The molecule has 0 aliphatic rings. The molecule has 0 saturated carbocycles. The Morgan fingerprint density at radius 1 is 1.24 bits per heavy atom. The second-order valence-electron chi connectivity index (χ2n) is 8.37. The molecule has 3 rings (SSSR count). The Labute approximate surface area is 201 Å². The van der Waals surface area contributed by atoms with Gasteiger partial charge in [-0.2, -0.15) is 18.4 Å². The van der Waals surface area contributed by atoms with E-state index < -0.39 is 29.0 Å². The van der Waals surface area contributed by atoms with Crippen LogP contribution in [-0.4, -0.2) is 23.5 Å². The molecule has 0 atom stereocenters. The highest BCUT2D eigenvalue weighted by molar-refractivity contribution is 7.21. The van der Waals surface area contributed by atoms with Gasteiger partial charge in [-0.25, -0.2) is 9.78 Å². The normalized spacial score (nSPS) is 12.0. The number of nitrogen functional groups attached to an aromatic ring is 1. The zero-order valence-electron chi connectivity index (χ0n) is 18.9. The fraction of sp³-hybridized carbons (Fsp3) is 0.364. The molecule has 12 heteroatoms. The van der Waals surface area contributed by atoms with E-state index in [9.17, 15) is 28.0 Å². The van der Waals surface area contributed by atoms with E-state index in [1.165, 1.54) is 6.92 Å². The standard InChI is InChI=1S/C22H21F3N4O3S2/c1-6-32-20(31)15-9(2)10(8-26)18(33-15)29-17(30)16-14(27)13-11(22(23,24)25)7-12(21(3,4)5)28-19(13)34-16/h7H,6,27H2,1-5H3,(H,29,30). The third kappa shape index (κ3) is 4.58. The van der Waals surface area contributed by atoms with Crippen molar-refractivity contribution in [1.29, 1.82) is 5.26 Å². The molecule has 0 aliphatic heterocycles. The van der Waals surface area contributed by atoms with Gasteiger partial charge in [0.1, 0.15) is 25.7 Å². The van der Waals surface area contributed by atoms with Crippen molar-refractivity contribution in [3.05, 3.63) is 38.2 Å². The number of esters is 1. The van der Waals surface area contributed by atoms with E-state index in [0.717, 1.165) is 28.7 Å². The van der Waals surface area contributed by atoms with Crippen molar-refractivity contribution in [1.82, 2.24) is 4.98 Å². The maximum absolute atomic E-state index is 13.9. The molecule has 180 valence electrons. The van der Waals surface area contributed by atoms with Crippen molar-refractivity contribution < 1.29 is 27.5 Å². The summed E-state index contributed by atoms with van der Waals surface area (Å²) in [7, 11) is 0. The molecular formula is C22H21F3N4O3S2.